The molecule has 1 aliphatic rings. The van der Waals surface area contributed by atoms with Crippen LogP contribution in [0.1, 0.15) is 18.1 Å². The maximum atomic E-state index is 12.4. The second-order valence-corrected chi connectivity index (χ2v) is 7.88. The molecule has 3 aromatic carbocycles. The second-order valence-electron chi connectivity index (χ2n) is 7.03. The van der Waals surface area contributed by atoms with E-state index in [-0.39, 0.29) is 24.8 Å². The van der Waals surface area contributed by atoms with Crippen molar-refractivity contribution in [3.05, 3.63) is 75.9 Å². The van der Waals surface area contributed by atoms with Gasteiger partial charge in [0.25, 0.3) is 0 Å². The monoisotopic (exact) mass is 509 g/mol. The summed E-state index contributed by atoms with van der Waals surface area (Å²) < 4.78 is 21.8. The Morgan fingerprint density at radius 3 is 2.67 bits per heavy atom. The highest BCUT2D eigenvalue weighted by molar-refractivity contribution is 9.10. The largest absolute Gasteiger partial charge is 0.493 e. The zero-order chi connectivity index (χ0) is 23.4. The Kier molecular flexibility index (Phi) is 6.74. The predicted octanol–water partition coefficient (Wildman–Crippen LogP) is 4.90. The lowest BCUT2D eigenvalue weighted by Gasteiger charge is -2.13. The predicted molar refractivity (Wildman–Crippen MR) is 127 cm³/mol. The number of methoxy groups -OCH3 is 1. The van der Waals surface area contributed by atoms with Crippen molar-refractivity contribution in [2.24, 2.45) is 4.99 Å². The smallest absolute Gasteiger partial charge is 0.363 e. The number of hydrogen-bond acceptors (Lipinski definition) is 7. The summed E-state index contributed by atoms with van der Waals surface area (Å²) in [4.78, 5) is 28.4. The minimum atomic E-state index is -0.545. The first-order chi connectivity index (χ1) is 16.0. The number of fused-ring (bicyclic) bond motifs is 1. The van der Waals surface area contributed by atoms with Gasteiger partial charge >= 0.3 is 11.9 Å². The third-order valence-corrected chi connectivity index (χ3v) is 5.40. The summed E-state index contributed by atoms with van der Waals surface area (Å²) in [7, 11) is 1.48. The number of halogens is 1. The van der Waals surface area contributed by atoms with Crippen LogP contribution < -0.4 is 9.47 Å². The number of benzene rings is 3. The van der Waals surface area contributed by atoms with Crippen LogP contribution in [-0.4, -0.2) is 38.2 Å². The zero-order valence-electron chi connectivity index (χ0n) is 18.0. The van der Waals surface area contributed by atoms with Gasteiger partial charge in [0.15, 0.2) is 23.8 Å². The molecule has 0 atom stereocenters. The standard InChI is InChI=1S/C25H20BrNO6/c1-3-31-22(28)14-32-23-19(26)10-15(12-21(23)30-2)11-20-25(29)33-24(27-20)18-9-8-16-6-4-5-7-17(16)13-18/h4-13H,3,14H2,1-2H3/b20-11-. The Morgan fingerprint density at radius 2 is 1.91 bits per heavy atom. The molecule has 168 valence electrons. The molecule has 0 fully saturated rings. The van der Waals surface area contributed by atoms with Gasteiger partial charge in [-0.05, 0) is 69.5 Å². The number of nitrogens with zero attached hydrogens (tertiary/aromatic N) is 1. The summed E-state index contributed by atoms with van der Waals surface area (Å²) in [5.41, 5.74) is 1.51. The molecule has 0 N–H and O–H groups in total. The van der Waals surface area contributed by atoms with Crippen molar-refractivity contribution in [1.82, 2.24) is 0 Å². The number of aliphatic imine (C=N–C) groups is 1. The van der Waals surface area contributed by atoms with Gasteiger partial charge in [-0.25, -0.2) is 14.6 Å². The van der Waals surface area contributed by atoms with Crippen LogP contribution in [0.4, 0.5) is 0 Å². The number of esters is 2. The molecule has 4 rings (SSSR count). The van der Waals surface area contributed by atoms with Crippen molar-refractivity contribution >= 4 is 50.6 Å². The fourth-order valence-electron chi connectivity index (χ4n) is 3.31. The summed E-state index contributed by atoms with van der Waals surface area (Å²) in [6.45, 7) is 1.73. The molecule has 0 saturated carbocycles. The molecule has 0 amide bonds. The molecule has 33 heavy (non-hydrogen) atoms. The summed E-state index contributed by atoms with van der Waals surface area (Å²) in [6, 6.07) is 17.1. The lowest BCUT2D eigenvalue weighted by Crippen LogP contribution is -2.15. The molecule has 3 aromatic rings. The van der Waals surface area contributed by atoms with Gasteiger partial charge in [-0.2, -0.15) is 0 Å². The van der Waals surface area contributed by atoms with E-state index in [0.717, 1.165) is 10.8 Å². The molecule has 0 unspecified atom stereocenters. The van der Waals surface area contributed by atoms with E-state index in [1.165, 1.54) is 7.11 Å². The molecular formula is C25H20BrNO6. The molecule has 0 spiro atoms. The number of hydrogen-bond donors (Lipinski definition) is 0. The molecule has 0 aromatic heterocycles. The highest BCUT2D eigenvalue weighted by Crippen LogP contribution is 2.37. The highest BCUT2D eigenvalue weighted by Gasteiger charge is 2.25. The third-order valence-electron chi connectivity index (χ3n) is 4.81. The van der Waals surface area contributed by atoms with E-state index in [9.17, 15) is 9.59 Å². The van der Waals surface area contributed by atoms with Gasteiger partial charge in [0.1, 0.15) is 0 Å². The van der Waals surface area contributed by atoms with Crippen molar-refractivity contribution in [2.45, 2.75) is 6.92 Å². The fraction of sp³-hybridized carbons (Fsp3) is 0.160. The minimum Gasteiger partial charge on any atom is -0.493 e. The SMILES string of the molecule is CCOC(=O)COc1c(Br)cc(/C=C2\N=C(c3ccc4ccccc4c3)OC2=O)cc1OC. The van der Waals surface area contributed by atoms with Crippen LogP contribution in [0.5, 0.6) is 11.5 Å². The highest BCUT2D eigenvalue weighted by atomic mass is 79.9. The maximum absolute atomic E-state index is 12.4. The number of carbonyl (C=O) groups is 2. The number of rotatable bonds is 7. The van der Waals surface area contributed by atoms with E-state index in [2.05, 4.69) is 20.9 Å². The average molecular weight is 510 g/mol. The van der Waals surface area contributed by atoms with E-state index in [1.54, 1.807) is 25.1 Å². The normalized spacial score (nSPS) is 14.2. The van der Waals surface area contributed by atoms with Crippen molar-refractivity contribution in [2.75, 3.05) is 20.3 Å². The Morgan fingerprint density at radius 1 is 1.12 bits per heavy atom. The van der Waals surface area contributed by atoms with E-state index in [0.29, 0.717) is 27.1 Å². The molecular weight excluding hydrogens is 490 g/mol. The van der Waals surface area contributed by atoms with Gasteiger partial charge in [-0.3, -0.25) is 0 Å². The first-order valence-corrected chi connectivity index (χ1v) is 11.0. The number of cyclic esters (lactones) is 1. The van der Waals surface area contributed by atoms with E-state index < -0.39 is 11.9 Å². The molecule has 1 heterocycles. The lowest BCUT2D eigenvalue weighted by atomic mass is 10.1. The average Bonchev–Trinajstić information content (AvgIpc) is 3.18. The van der Waals surface area contributed by atoms with Gasteiger partial charge in [0.2, 0.25) is 5.90 Å². The number of ether oxygens (including phenoxy) is 4. The van der Waals surface area contributed by atoms with Gasteiger partial charge in [-0.15, -0.1) is 0 Å². The lowest BCUT2D eigenvalue weighted by molar-refractivity contribution is -0.145. The summed E-state index contributed by atoms with van der Waals surface area (Å²) in [5, 5.41) is 2.11. The van der Waals surface area contributed by atoms with E-state index in [1.807, 2.05) is 42.5 Å². The van der Waals surface area contributed by atoms with Gasteiger partial charge in [-0.1, -0.05) is 30.3 Å². The Hall–Kier alpha value is -3.65. The Labute approximate surface area is 198 Å². The van der Waals surface area contributed by atoms with E-state index in [4.69, 9.17) is 18.9 Å². The van der Waals surface area contributed by atoms with Crippen LogP contribution in [0.2, 0.25) is 0 Å². The Bertz CT molecular complexity index is 1300. The molecule has 1 aliphatic heterocycles. The molecule has 7 nitrogen and oxygen atoms in total. The Balaban J connectivity index is 1.60. The molecule has 0 bridgehead atoms. The fourth-order valence-corrected chi connectivity index (χ4v) is 3.88. The van der Waals surface area contributed by atoms with Crippen LogP contribution in [0.3, 0.4) is 0 Å². The van der Waals surface area contributed by atoms with Crippen LogP contribution in [0, 0.1) is 0 Å². The third kappa shape index (κ3) is 5.06. The van der Waals surface area contributed by atoms with Crippen molar-refractivity contribution < 1.29 is 28.5 Å². The molecule has 8 heteroatoms. The minimum absolute atomic E-state index is 0.160. The van der Waals surface area contributed by atoms with Crippen LogP contribution in [0.15, 0.2) is 69.8 Å². The topological polar surface area (TPSA) is 83.4 Å². The van der Waals surface area contributed by atoms with Crippen LogP contribution in [0.25, 0.3) is 16.8 Å². The summed E-state index contributed by atoms with van der Waals surface area (Å²) in [5.74, 6) is -0.0529. The van der Waals surface area contributed by atoms with Crippen LogP contribution >= 0.6 is 15.9 Å². The van der Waals surface area contributed by atoms with Crippen molar-refractivity contribution in [3.63, 3.8) is 0 Å². The second kappa shape index (κ2) is 9.87. The molecule has 0 radical (unpaired) electrons. The molecule has 0 aliphatic carbocycles. The summed E-state index contributed by atoms with van der Waals surface area (Å²) in [6.07, 6.45) is 1.60. The van der Waals surface area contributed by atoms with E-state index >= 15 is 0 Å². The van der Waals surface area contributed by atoms with Gasteiger partial charge in [0, 0.05) is 5.56 Å². The van der Waals surface area contributed by atoms with Gasteiger partial charge < -0.3 is 18.9 Å². The molecule has 0 saturated heterocycles. The van der Waals surface area contributed by atoms with Crippen LogP contribution in [-0.2, 0) is 19.1 Å². The quantitative estimate of drug-likeness (QED) is 0.332. The maximum Gasteiger partial charge on any atom is 0.363 e. The summed E-state index contributed by atoms with van der Waals surface area (Å²) >= 11 is 3.43. The zero-order valence-corrected chi connectivity index (χ0v) is 19.5. The first-order valence-electron chi connectivity index (χ1n) is 10.2. The number of carbonyl (C=O) groups excluding carboxylic acids is 2. The van der Waals surface area contributed by atoms with Crippen molar-refractivity contribution in [3.8, 4) is 11.5 Å². The van der Waals surface area contributed by atoms with Gasteiger partial charge in [0.05, 0.1) is 18.2 Å². The van der Waals surface area contributed by atoms with Crippen molar-refractivity contribution in [1.29, 1.82) is 0 Å². The first kappa shape index (κ1) is 22.5.